The van der Waals surface area contributed by atoms with Crippen molar-refractivity contribution in [1.82, 2.24) is 4.98 Å². The van der Waals surface area contributed by atoms with Crippen LogP contribution in [0.3, 0.4) is 0 Å². The highest BCUT2D eigenvalue weighted by Crippen LogP contribution is 2.39. The SMILES string of the molecule is O=C(Nc1cc(-c2nc3ccccc3s2)c(Cl)cc1Cl)c1cc2ccccc2o1. The van der Waals surface area contributed by atoms with Crippen LogP contribution in [0.25, 0.3) is 31.8 Å². The van der Waals surface area contributed by atoms with Gasteiger partial charge < -0.3 is 9.73 Å². The van der Waals surface area contributed by atoms with Crippen molar-refractivity contribution in [1.29, 1.82) is 0 Å². The van der Waals surface area contributed by atoms with Gasteiger partial charge in [-0.25, -0.2) is 4.98 Å². The van der Waals surface area contributed by atoms with Crippen LogP contribution in [0.15, 0.2) is 71.1 Å². The Hall–Kier alpha value is -2.86. The standard InChI is InChI=1S/C22H12Cl2N2O2S/c23-14-11-15(24)17(10-13(14)22-26-16-6-2-4-8-20(16)29-22)25-21(27)19-9-12-5-1-3-7-18(12)28-19/h1-11H,(H,25,27). The fraction of sp³-hybridized carbons (Fsp3) is 0. The lowest BCUT2D eigenvalue weighted by molar-refractivity contribution is 0.0998. The summed E-state index contributed by atoms with van der Waals surface area (Å²) in [5, 5.41) is 5.23. The van der Waals surface area contributed by atoms with Gasteiger partial charge in [-0.15, -0.1) is 11.3 Å². The van der Waals surface area contributed by atoms with E-state index in [4.69, 9.17) is 27.6 Å². The van der Waals surface area contributed by atoms with Gasteiger partial charge in [0, 0.05) is 10.9 Å². The predicted octanol–water partition coefficient (Wildman–Crippen LogP) is 7.27. The molecule has 0 aliphatic heterocycles. The quantitative estimate of drug-likeness (QED) is 0.322. The van der Waals surface area contributed by atoms with Crippen LogP contribution in [0.5, 0.6) is 0 Å². The second-order valence-electron chi connectivity index (χ2n) is 6.40. The number of fused-ring (bicyclic) bond motifs is 2. The van der Waals surface area contributed by atoms with E-state index in [0.29, 0.717) is 26.9 Å². The monoisotopic (exact) mass is 438 g/mol. The normalized spacial score (nSPS) is 11.2. The average molecular weight is 439 g/mol. The molecule has 3 aromatic carbocycles. The summed E-state index contributed by atoms with van der Waals surface area (Å²) in [4.78, 5) is 17.3. The number of carbonyl (C=O) groups excluding carboxylic acids is 1. The molecule has 0 bridgehead atoms. The van der Waals surface area contributed by atoms with E-state index in [1.165, 1.54) is 11.3 Å². The van der Waals surface area contributed by atoms with Crippen molar-refractivity contribution < 1.29 is 9.21 Å². The molecule has 0 aliphatic carbocycles. The van der Waals surface area contributed by atoms with Crippen LogP contribution in [0.2, 0.25) is 10.0 Å². The highest BCUT2D eigenvalue weighted by molar-refractivity contribution is 7.21. The van der Waals surface area contributed by atoms with E-state index in [-0.39, 0.29) is 11.7 Å². The van der Waals surface area contributed by atoms with Crippen molar-refractivity contribution in [2.75, 3.05) is 5.32 Å². The van der Waals surface area contributed by atoms with Gasteiger partial charge in [0.15, 0.2) is 5.76 Å². The van der Waals surface area contributed by atoms with Crippen LogP contribution in [-0.2, 0) is 0 Å². The molecule has 0 radical (unpaired) electrons. The summed E-state index contributed by atoms with van der Waals surface area (Å²) in [6.07, 6.45) is 0. The first-order valence-corrected chi connectivity index (χ1v) is 10.3. The predicted molar refractivity (Wildman–Crippen MR) is 119 cm³/mol. The Balaban J connectivity index is 1.51. The Morgan fingerprint density at radius 1 is 0.966 bits per heavy atom. The van der Waals surface area contributed by atoms with Gasteiger partial charge >= 0.3 is 0 Å². The van der Waals surface area contributed by atoms with Gasteiger partial charge in [-0.2, -0.15) is 0 Å². The molecule has 2 aromatic heterocycles. The van der Waals surface area contributed by atoms with E-state index in [1.807, 2.05) is 48.5 Å². The molecule has 0 atom stereocenters. The van der Waals surface area contributed by atoms with Crippen LogP contribution in [0.4, 0.5) is 5.69 Å². The lowest BCUT2D eigenvalue weighted by atomic mass is 10.2. The molecule has 0 spiro atoms. The van der Waals surface area contributed by atoms with Crippen molar-refractivity contribution >= 4 is 67.3 Å². The van der Waals surface area contributed by atoms with Crippen molar-refractivity contribution in [3.05, 3.63) is 82.5 Å². The number of carbonyl (C=O) groups is 1. The molecule has 142 valence electrons. The molecule has 0 unspecified atom stereocenters. The minimum absolute atomic E-state index is 0.207. The zero-order chi connectivity index (χ0) is 20.0. The van der Waals surface area contributed by atoms with Crippen molar-refractivity contribution in [2.45, 2.75) is 0 Å². The Kier molecular flexibility index (Phi) is 4.51. The van der Waals surface area contributed by atoms with E-state index >= 15 is 0 Å². The molecule has 0 saturated carbocycles. The lowest BCUT2D eigenvalue weighted by Crippen LogP contribution is -2.11. The zero-order valence-electron chi connectivity index (χ0n) is 14.8. The molecule has 1 N–H and O–H groups in total. The number of benzene rings is 3. The molecule has 5 aromatic rings. The van der Waals surface area contributed by atoms with Crippen molar-refractivity contribution in [3.8, 4) is 10.6 Å². The summed E-state index contributed by atoms with van der Waals surface area (Å²) in [7, 11) is 0. The third kappa shape index (κ3) is 3.38. The molecular formula is C22H12Cl2N2O2S. The van der Waals surface area contributed by atoms with Crippen LogP contribution >= 0.6 is 34.5 Å². The average Bonchev–Trinajstić information content (AvgIpc) is 3.33. The number of thiazole rings is 1. The largest absolute Gasteiger partial charge is 0.451 e. The number of anilines is 1. The van der Waals surface area contributed by atoms with Gasteiger partial charge in [0.25, 0.3) is 5.91 Å². The van der Waals surface area contributed by atoms with E-state index in [9.17, 15) is 4.79 Å². The number of furan rings is 1. The van der Waals surface area contributed by atoms with Gasteiger partial charge in [-0.05, 0) is 36.4 Å². The summed E-state index contributed by atoms with van der Waals surface area (Å²) < 4.78 is 6.69. The van der Waals surface area contributed by atoms with E-state index in [1.54, 1.807) is 18.2 Å². The highest BCUT2D eigenvalue weighted by atomic mass is 35.5. The molecular weight excluding hydrogens is 427 g/mol. The molecule has 4 nitrogen and oxygen atoms in total. The van der Waals surface area contributed by atoms with E-state index < -0.39 is 0 Å². The summed E-state index contributed by atoms with van der Waals surface area (Å²) in [6, 6.07) is 20.3. The molecule has 0 fully saturated rings. The van der Waals surface area contributed by atoms with Gasteiger partial charge in [0.2, 0.25) is 0 Å². The van der Waals surface area contributed by atoms with E-state index in [0.717, 1.165) is 20.6 Å². The first kappa shape index (κ1) is 18.2. The molecule has 1 amide bonds. The first-order chi connectivity index (χ1) is 14.1. The van der Waals surface area contributed by atoms with Crippen LogP contribution < -0.4 is 5.32 Å². The molecule has 5 rings (SSSR count). The van der Waals surface area contributed by atoms with Crippen LogP contribution in [-0.4, -0.2) is 10.9 Å². The Bertz CT molecular complexity index is 1320. The third-order valence-electron chi connectivity index (χ3n) is 4.48. The summed E-state index contributed by atoms with van der Waals surface area (Å²) in [5.74, 6) is -0.181. The Morgan fingerprint density at radius 2 is 1.76 bits per heavy atom. The minimum atomic E-state index is -0.388. The number of hydrogen-bond acceptors (Lipinski definition) is 4. The van der Waals surface area contributed by atoms with Crippen LogP contribution in [0.1, 0.15) is 10.6 Å². The van der Waals surface area contributed by atoms with Crippen molar-refractivity contribution in [3.63, 3.8) is 0 Å². The van der Waals surface area contributed by atoms with Gasteiger partial charge in [-0.1, -0.05) is 53.5 Å². The fourth-order valence-electron chi connectivity index (χ4n) is 3.07. The first-order valence-electron chi connectivity index (χ1n) is 8.73. The molecule has 7 heteroatoms. The fourth-order valence-corrected chi connectivity index (χ4v) is 4.65. The van der Waals surface area contributed by atoms with Crippen LogP contribution in [0, 0.1) is 0 Å². The number of nitrogens with one attached hydrogen (secondary N) is 1. The summed E-state index contributed by atoms with van der Waals surface area (Å²) in [5.41, 5.74) is 2.69. The molecule has 29 heavy (non-hydrogen) atoms. The Morgan fingerprint density at radius 3 is 2.59 bits per heavy atom. The minimum Gasteiger partial charge on any atom is -0.451 e. The van der Waals surface area contributed by atoms with Gasteiger partial charge in [0.05, 0.1) is 25.9 Å². The number of aromatic nitrogens is 1. The number of amides is 1. The van der Waals surface area contributed by atoms with Gasteiger partial charge in [0.1, 0.15) is 10.6 Å². The smallest absolute Gasteiger partial charge is 0.291 e. The maximum absolute atomic E-state index is 12.7. The van der Waals surface area contributed by atoms with Crippen molar-refractivity contribution in [2.24, 2.45) is 0 Å². The maximum Gasteiger partial charge on any atom is 0.291 e. The third-order valence-corrected chi connectivity index (χ3v) is 6.17. The number of nitrogens with zero attached hydrogens (tertiary/aromatic N) is 1. The summed E-state index contributed by atoms with van der Waals surface area (Å²) >= 11 is 14.3. The molecule has 0 saturated heterocycles. The number of hydrogen-bond donors (Lipinski definition) is 1. The Labute approximate surface area is 179 Å². The summed E-state index contributed by atoms with van der Waals surface area (Å²) in [6.45, 7) is 0. The second-order valence-corrected chi connectivity index (χ2v) is 8.25. The maximum atomic E-state index is 12.7. The number of para-hydroxylation sites is 2. The van der Waals surface area contributed by atoms with E-state index in [2.05, 4.69) is 10.3 Å². The zero-order valence-corrected chi connectivity index (χ0v) is 17.1. The topological polar surface area (TPSA) is 55.1 Å². The molecule has 0 aliphatic rings. The molecule has 2 heterocycles. The highest BCUT2D eigenvalue weighted by Gasteiger charge is 2.17. The van der Waals surface area contributed by atoms with Gasteiger partial charge in [-0.3, -0.25) is 4.79 Å². The second kappa shape index (κ2) is 7.19. The lowest BCUT2D eigenvalue weighted by Gasteiger charge is -2.09. The number of rotatable bonds is 3. The number of halogens is 2.